The molecule has 1 unspecified atom stereocenters. The van der Waals surface area contributed by atoms with E-state index in [0.29, 0.717) is 0 Å². The molecule has 1 aromatic heterocycles. The quantitative estimate of drug-likeness (QED) is 0.741. The summed E-state index contributed by atoms with van der Waals surface area (Å²) in [5.41, 5.74) is 2.28. The smallest absolute Gasteiger partial charge is 0.0666 e. The Bertz CT molecular complexity index is 362. The average Bonchev–Trinajstić information content (AvgIpc) is 2.56. The van der Waals surface area contributed by atoms with Gasteiger partial charge in [0.2, 0.25) is 0 Å². The number of aryl methyl sites for hydroxylation is 3. The van der Waals surface area contributed by atoms with Crippen molar-refractivity contribution >= 4 is 0 Å². The second-order valence-corrected chi connectivity index (χ2v) is 4.24. The standard InChI is InChI=1S/C12H20N4/c1-10(8-13)9-14-5-4-6-16-12(3)7-11(2)15-16/h7,10,14H,4-6,9H2,1-3H3. The lowest BCUT2D eigenvalue weighted by Gasteiger charge is -2.07. The van der Waals surface area contributed by atoms with E-state index in [1.165, 1.54) is 5.69 Å². The molecule has 0 saturated carbocycles. The summed E-state index contributed by atoms with van der Waals surface area (Å²) in [6, 6.07) is 4.29. The molecule has 0 aliphatic rings. The fourth-order valence-electron chi connectivity index (χ4n) is 1.62. The molecule has 0 spiro atoms. The first-order valence-electron chi connectivity index (χ1n) is 5.75. The summed E-state index contributed by atoms with van der Waals surface area (Å²) in [6.07, 6.45) is 1.04. The van der Waals surface area contributed by atoms with Crippen LogP contribution in [-0.2, 0) is 6.54 Å². The predicted molar refractivity (Wildman–Crippen MR) is 64.0 cm³/mol. The second-order valence-electron chi connectivity index (χ2n) is 4.24. The van der Waals surface area contributed by atoms with E-state index in [2.05, 4.69) is 29.5 Å². The van der Waals surface area contributed by atoms with Crippen LogP contribution < -0.4 is 5.32 Å². The van der Waals surface area contributed by atoms with Gasteiger partial charge < -0.3 is 5.32 Å². The van der Waals surface area contributed by atoms with Crippen LogP contribution >= 0.6 is 0 Å². The molecule has 1 rings (SSSR count). The van der Waals surface area contributed by atoms with Gasteiger partial charge in [-0.25, -0.2) is 0 Å². The summed E-state index contributed by atoms with van der Waals surface area (Å²) in [5, 5.41) is 16.3. The molecule has 1 aromatic rings. The van der Waals surface area contributed by atoms with E-state index in [4.69, 9.17) is 5.26 Å². The van der Waals surface area contributed by atoms with Crippen LogP contribution in [0.3, 0.4) is 0 Å². The van der Waals surface area contributed by atoms with E-state index < -0.39 is 0 Å². The molecule has 88 valence electrons. The fraction of sp³-hybridized carbons (Fsp3) is 0.667. The van der Waals surface area contributed by atoms with E-state index in [-0.39, 0.29) is 5.92 Å². The monoisotopic (exact) mass is 220 g/mol. The van der Waals surface area contributed by atoms with Crippen LogP contribution in [0.4, 0.5) is 0 Å². The van der Waals surface area contributed by atoms with Gasteiger partial charge in [0.15, 0.2) is 0 Å². The van der Waals surface area contributed by atoms with Gasteiger partial charge in [-0.05, 0) is 39.8 Å². The maximum Gasteiger partial charge on any atom is 0.0666 e. The Labute approximate surface area is 97.3 Å². The lowest BCUT2D eigenvalue weighted by molar-refractivity contribution is 0.517. The molecule has 1 heterocycles. The van der Waals surface area contributed by atoms with Crippen molar-refractivity contribution < 1.29 is 0 Å². The molecule has 0 aromatic carbocycles. The average molecular weight is 220 g/mol. The number of aromatic nitrogens is 2. The van der Waals surface area contributed by atoms with E-state index in [1.54, 1.807) is 0 Å². The third kappa shape index (κ3) is 4.03. The fourth-order valence-corrected chi connectivity index (χ4v) is 1.62. The molecule has 0 radical (unpaired) electrons. The Morgan fingerprint density at radius 1 is 1.56 bits per heavy atom. The van der Waals surface area contributed by atoms with Gasteiger partial charge in [0, 0.05) is 18.8 Å². The number of nitrogens with zero attached hydrogens (tertiary/aromatic N) is 3. The van der Waals surface area contributed by atoms with Crippen LogP contribution in [0.15, 0.2) is 6.07 Å². The van der Waals surface area contributed by atoms with Gasteiger partial charge in [0.05, 0.1) is 17.7 Å². The summed E-state index contributed by atoms with van der Waals surface area (Å²) in [5.74, 6) is 0.0914. The molecule has 4 nitrogen and oxygen atoms in total. The van der Waals surface area contributed by atoms with Crippen molar-refractivity contribution in [1.82, 2.24) is 15.1 Å². The zero-order chi connectivity index (χ0) is 12.0. The van der Waals surface area contributed by atoms with Gasteiger partial charge in [-0.2, -0.15) is 10.4 Å². The highest BCUT2D eigenvalue weighted by Crippen LogP contribution is 2.02. The summed E-state index contributed by atoms with van der Waals surface area (Å²) < 4.78 is 2.03. The Kier molecular flexibility index (Phi) is 5.00. The molecule has 1 N–H and O–H groups in total. The second kappa shape index (κ2) is 6.29. The van der Waals surface area contributed by atoms with Gasteiger partial charge in [-0.1, -0.05) is 0 Å². The van der Waals surface area contributed by atoms with E-state index in [0.717, 1.165) is 31.7 Å². The summed E-state index contributed by atoms with van der Waals surface area (Å²) in [4.78, 5) is 0. The van der Waals surface area contributed by atoms with E-state index in [9.17, 15) is 0 Å². The molecular weight excluding hydrogens is 200 g/mol. The van der Waals surface area contributed by atoms with E-state index in [1.807, 2.05) is 18.5 Å². The van der Waals surface area contributed by atoms with Crippen molar-refractivity contribution in [3.63, 3.8) is 0 Å². The molecule has 1 atom stereocenters. The third-order valence-corrected chi connectivity index (χ3v) is 2.50. The van der Waals surface area contributed by atoms with Crippen molar-refractivity contribution in [2.45, 2.75) is 33.7 Å². The van der Waals surface area contributed by atoms with Crippen LogP contribution in [0, 0.1) is 31.1 Å². The number of rotatable bonds is 6. The first-order chi connectivity index (χ1) is 7.63. The zero-order valence-electron chi connectivity index (χ0n) is 10.3. The van der Waals surface area contributed by atoms with E-state index >= 15 is 0 Å². The van der Waals surface area contributed by atoms with Crippen LogP contribution in [0.5, 0.6) is 0 Å². The molecule has 0 bridgehead atoms. The highest BCUT2D eigenvalue weighted by molar-refractivity contribution is 5.06. The Balaban J connectivity index is 2.17. The largest absolute Gasteiger partial charge is 0.315 e. The van der Waals surface area contributed by atoms with Crippen LogP contribution in [-0.4, -0.2) is 22.9 Å². The first kappa shape index (κ1) is 12.7. The van der Waals surface area contributed by atoms with Crippen molar-refractivity contribution in [2.75, 3.05) is 13.1 Å². The number of hydrogen-bond acceptors (Lipinski definition) is 3. The van der Waals surface area contributed by atoms with Gasteiger partial charge in [0.1, 0.15) is 0 Å². The summed E-state index contributed by atoms with van der Waals surface area (Å²) in [7, 11) is 0. The number of hydrogen-bond donors (Lipinski definition) is 1. The number of nitriles is 1. The highest BCUT2D eigenvalue weighted by Gasteiger charge is 2.01. The Morgan fingerprint density at radius 2 is 2.31 bits per heavy atom. The maximum atomic E-state index is 8.60. The van der Waals surface area contributed by atoms with Crippen LogP contribution in [0.1, 0.15) is 24.7 Å². The normalized spacial score (nSPS) is 12.4. The lowest BCUT2D eigenvalue weighted by Crippen LogP contribution is -2.22. The number of nitrogens with one attached hydrogen (secondary N) is 1. The van der Waals surface area contributed by atoms with Gasteiger partial charge >= 0.3 is 0 Å². The maximum absolute atomic E-state index is 8.60. The topological polar surface area (TPSA) is 53.6 Å². The Hall–Kier alpha value is -1.34. The zero-order valence-corrected chi connectivity index (χ0v) is 10.3. The lowest BCUT2D eigenvalue weighted by atomic mass is 10.2. The van der Waals surface area contributed by atoms with Crippen molar-refractivity contribution in [3.05, 3.63) is 17.5 Å². The van der Waals surface area contributed by atoms with Gasteiger partial charge in [0.25, 0.3) is 0 Å². The minimum Gasteiger partial charge on any atom is -0.315 e. The minimum absolute atomic E-state index is 0.0914. The minimum atomic E-state index is 0.0914. The third-order valence-electron chi connectivity index (χ3n) is 2.50. The molecule has 16 heavy (non-hydrogen) atoms. The molecule has 0 aliphatic heterocycles. The SMILES string of the molecule is Cc1cc(C)n(CCCNCC(C)C#N)n1. The molecule has 0 aliphatic carbocycles. The van der Waals surface area contributed by atoms with Gasteiger partial charge in [-0.15, -0.1) is 0 Å². The molecule has 0 fully saturated rings. The predicted octanol–water partition coefficient (Wildman–Crippen LogP) is 1.64. The summed E-state index contributed by atoms with van der Waals surface area (Å²) >= 11 is 0. The summed E-state index contributed by atoms with van der Waals surface area (Å²) in [6.45, 7) is 8.65. The molecular formula is C12H20N4. The van der Waals surface area contributed by atoms with Crippen LogP contribution in [0.2, 0.25) is 0 Å². The molecule has 4 heteroatoms. The molecule has 0 amide bonds. The highest BCUT2D eigenvalue weighted by atomic mass is 15.3. The van der Waals surface area contributed by atoms with Crippen LogP contribution in [0.25, 0.3) is 0 Å². The van der Waals surface area contributed by atoms with Crippen molar-refractivity contribution in [1.29, 1.82) is 5.26 Å². The molecule has 0 saturated heterocycles. The first-order valence-corrected chi connectivity index (χ1v) is 5.75. The van der Waals surface area contributed by atoms with Crippen molar-refractivity contribution in [3.8, 4) is 6.07 Å². The Morgan fingerprint density at radius 3 is 2.88 bits per heavy atom. The van der Waals surface area contributed by atoms with Gasteiger partial charge in [-0.3, -0.25) is 4.68 Å². The van der Waals surface area contributed by atoms with Crippen molar-refractivity contribution in [2.24, 2.45) is 5.92 Å².